The third-order valence-electron chi connectivity index (χ3n) is 3.34. The summed E-state index contributed by atoms with van der Waals surface area (Å²) >= 11 is 0. The topological polar surface area (TPSA) is 131 Å². The highest BCUT2D eigenvalue weighted by Gasteiger charge is 2.28. The Bertz CT molecular complexity index is 774. The zero-order valence-corrected chi connectivity index (χ0v) is 16.6. The molecule has 2 amide bonds. The van der Waals surface area contributed by atoms with Crippen molar-refractivity contribution in [1.82, 2.24) is 15.6 Å². The molecular weight excluding hydrogens is 374 g/mol. The number of ether oxygens (including phenoxy) is 1. The smallest absolute Gasteiger partial charge is 0.324 e. The first-order chi connectivity index (χ1) is 12.5. The molecular formula is C17H25N3O6S. The van der Waals surface area contributed by atoms with Gasteiger partial charge in [-0.05, 0) is 31.4 Å². The molecule has 10 heteroatoms. The molecule has 0 aliphatic carbocycles. The van der Waals surface area contributed by atoms with Gasteiger partial charge < -0.3 is 4.74 Å². The monoisotopic (exact) mass is 399 g/mol. The maximum Gasteiger partial charge on any atom is 0.324 e. The Morgan fingerprint density at radius 3 is 2.19 bits per heavy atom. The van der Waals surface area contributed by atoms with E-state index in [1.54, 1.807) is 12.1 Å². The number of hydrogen-bond acceptors (Lipinski definition) is 6. The van der Waals surface area contributed by atoms with Crippen LogP contribution in [0.2, 0.25) is 0 Å². The van der Waals surface area contributed by atoms with Crippen molar-refractivity contribution in [2.75, 3.05) is 6.61 Å². The van der Waals surface area contributed by atoms with Gasteiger partial charge in [0.15, 0.2) is 6.61 Å². The van der Waals surface area contributed by atoms with Crippen molar-refractivity contribution < 1.29 is 27.5 Å². The summed E-state index contributed by atoms with van der Waals surface area (Å²) in [6.07, 6.45) is 0.192. The highest BCUT2D eigenvalue weighted by atomic mass is 32.2. The molecule has 0 saturated heterocycles. The average molecular weight is 399 g/mol. The van der Waals surface area contributed by atoms with Crippen LogP contribution in [0.25, 0.3) is 0 Å². The van der Waals surface area contributed by atoms with Crippen molar-refractivity contribution in [1.29, 1.82) is 0 Å². The van der Waals surface area contributed by atoms with Gasteiger partial charge in [-0.25, -0.2) is 8.42 Å². The predicted octanol–water partition coefficient (Wildman–Crippen LogP) is 0.399. The van der Waals surface area contributed by atoms with Crippen molar-refractivity contribution in [3.05, 3.63) is 29.8 Å². The average Bonchev–Trinajstić information content (AvgIpc) is 2.57. The minimum Gasteiger partial charge on any atom is -0.454 e. The molecule has 0 bridgehead atoms. The van der Waals surface area contributed by atoms with E-state index in [0.29, 0.717) is 0 Å². The Morgan fingerprint density at radius 2 is 1.67 bits per heavy atom. The Balaban J connectivity index is 2.79. The van der Waals surface area contributed by atoms with Crippen molar-refractivity contribution in [3.63, 3.8) is 0 Å². The van der Waals surface area contributed by atoms with Crippen molar-refractivity contribution in [2.24, 2.45) is 5.92 Å². The maximum absolute atomic E-state index is 12.5. The first-order valence-corrected chi connectivity index (χ1v) is 9.80. The number of esters is 1. The third kappa shape index (κ3) is 8.18. The van der Waals surface area contributed by atoms with Crippen molar-refractivity contribution in [2.45, 2.75) is 45.1 Å². The molecule has 0 heterocycles. The van der Waals surface area contributed by atoms with Crippen molar-refractivity contribution in [3.8, 4) is 0 Å². The van der Waals surface area contributed by atoms with Crippen LogP contribution in [-0.2, 0) is 29.1 Å². The van der Waals surface area contributed by atoms with Gasteiger partial charge in [0.2, 0.25) is 15.9 Å². The second-order valence-electron chi connectivity index (χ2n) is 6.45. The van der Waals surface area contributed by atoms with Gasteiger partial charge in [-0.15, -0.1) is 0 Å². The highest BCUT2D eigenvalue weighted by molar-refractivity contribution is 7.89. The number of carbonyl (C=O) groups excluding carboxylic acids is 3. The first-order valence-electron chi connectivity index (χ1n) is 8.32. The molecule has 0 spiro atoms. The lowest BCUT2D eigenvalue weighted by Crippen LogP contribution is -2.45. The molecule has 0 unspecified atom stereocenters. The minimum absolute atomic E-state index is 0.00326. The van der Waals surface area contributed by atoms with Crippen LogP contribution in [0.1, 0.15) is 32.8 Å². The number of hydrogen-bond donors (Lipinski definition) is 3. The van der Waals surface area contributed by atoms with Gasteiger partial charge in [-0.1, -0.05) is 31.5 Å². The van der Waals surface area contributed by atoms with Crippen LogP contribution in [-0.4, -0.2) is 38.9 Å². The number of aryl methyl sites for hydroxylation is 1. The standard InChI is InChI=1S/C17H25N3O6S/c1-11(2)9-15(17(23)26-10-16(22)19-18-13(4)21)20-27(24,25)14-7-5-12(3)6-8-14/h5-8,11,15,20H,9-10H2,1-4H3,(H,18,21)(H,19,22)/t15-/m0/s1. The van der Waals surface area contributed by atoms with Gasteiger partial charge in [0.1, 0.15) is 6.04 Å². The van der Waals surface area contributed by atoms with E-state index in [4.69, 9.17) is 4.74 Å². The summed E-state index contributed by atoms with van der Waals surface area (Å²) in [4.78, 5) is 34.5. The van der Waals surface area contributed by atoms with E-state index in [9.17, 15) is 22.8 Å². The fraction of sp³-hybridized carbons (Fsp3) is 0.471. The van der Waals surface area contributed by atoms with Crippen LogP contribution < -0.4 is 15.6 Å². The lowest BCUT2D eigenvalue weighted by Gasteiger charge is -2.19. The largest absolute Gasteiger partial charge is 0.454 e. The van der Waals surface area contributed by atoms with E-state index in [1.807, 2.05) is 26.2 Å². The van der Waals surface area contributed by atoms with Crippen LogP contribution in [0, 0.1) is 12.8 Å². The molecule has 1 aromatic carbocycles. The quantitative estimate of drug-likeness (QED) is 0.428. The molecule has 0 saturated carbocycles. The van der Waals surface area contributed by atoms with E-state index < -0.39 is 40.5 Å². The van der Waals surface area contributed by atoms with E-state index in [-0.39, 0.29) is 17.2 Å². The Kier molecular flexibility index (Phi) is 8.38. The van der Waals surface area contributed by atoms with E-state index >= 15 is 0 Å². The summed E-state index contributed by atoms with van der Waals surface area (Å²) in [6, 6.07) is 5.03. The zero-order valence-electron chi connectivity index (χ0n) is 15.7. The summed E-state index contributed by atoms with van der Waals surface area (Å²) in [6.45, 7) is 6.02. The van der Waals surface area contributed by atoms with Crippen LogP contribution >= 0.6 is 0 Å². The minimum atomic E-state index is -3.94. The molecule has 0 aliphatic heterocycles. The summed E-state index contributed by atoms with van der Waals surface area (Å²) in [5.41, 5.74) is 5.00. The van der Waals surface area contributed by atoms with Gasteiger partial charge >= 0.3 is 5.97 Å². The number of hydrazine groups is 1. The molecule has 3 N–H and O–H groups in total. The third-order valence-corrected chi connectivity index (χ3v) is 4.83. The highest BCUT2D eigenvalue weighted by Crippen LogP contribution is 2.14. The fourth-order valence-electron chi connectivity index (χ4n) is 2.07. The summed E-state index contributed by atoms with van der Waals surface area (Å²) < 4.78 is 32.2. The lowest BCUT2D eigenvalue weighted by atomic mass is 10.1. The van der Waals surface area contributed by atoms with Crippen molar-refractivity contribution >= 4 is 27.8 Å². The number of benzene rings is 1. The summed E-state index contributed by atoms with van der Waals surface area (Å²) in [7, 11) is -3.94. The Hall–Kier alpha value is -2.46. The molecule has 150 valence electrons. The number of sulfonamides is 1. The molecule has 1 atom stereocenters. The van der Waals surface area contributed by atoms with Gasteiger partial charge in [0, 0.05) is 6.92 Å². The fourth-order valence-corrected chi connectivity index (χ4v) is 3.27. The molecule has 27 heavy (non-hydrogen) atoms. The van der Waals surface area contributed by atoms with Crippen LogP contribution in [0.5, 0.6) is 0 Å². The van der Waals surface area contributed by atoms with Crippen LogP contribution in [0.4, 0.5) is 0 Å². The van der Waals surface area contributed by atoms with E-state index in [2.05, 4.69) is 10.1 Å². The molecule has 0 aromatic heterocycles. The Morgan fingerprint density at radius 1 is 1.07 bits per heavy atom. The number of rotatable bonds is 8. The van der Waals surface area contributed by atoms with Crippen LogP contribution in [0.3, 0.4) is 0 Å². The van der Waals surface area contributed by atoms with Gasteiger partial charge in [0.25, 0.3) is 5.91 Å². The van der Waals surface area contributed by atoms with E-state index in [0.717, 1.165) is 5.56 Å². The number of amides is 2. The second-order valence-corrected chi connectivity index (χ2v) is 8.17. The summed E-state index contributed by atoms with van der Waals surface area (Å²) in [5, 5.41) is 0. The second kappa shape index (κ2) is 10.0. The first kappa shape index (κ1) is 22.6. The molecule has 1 rings (SSSR count). The molecule has 0 fully saturated rings. The molecule has 9 nitrogen and oxygen atoms in total. The molecule has 1 aromatic rings. The summed E-state index contributed by atoms with van der Waals surface area (Å²) in [5.74, 6) is -2.12. The van der Waals surface area contributed by atoms with Gasteiger partial charge in [0.05, 0.1) is 4.90 Å². The predicted molar refractivity (Wildman–Crippen MR) is 97.7 cm³/mol. The molecule has 0 aliphatic rings. The molecule has 0 radical (unpaired) electrons. The SMILES string of the molecule is CC(=O)NNC(=O)COC(=O)[C@H](CC(C)C)NS(=O)(=O)c1ccc(C)cc1. The van der Waals surface area contributed by atoms with Gasteiger partial charge in [-0.3, -0.25) is 25.2 Å². The normalized spacial score (nSPS) is 12.3. The Labute approximate surface area is 158 Å². The maximum atomic E-state index is 12.5. The lowest BCUT2D eigenvalue weighted by molar-refractivity contribution is -0.150. The number of carbonyl (C=O) groups is 3. The van der Waals surface area contributed by atoms with E-state index in [1.165, 1.54) is 19.1 Å². The number of nitrogens with one attached hydrogen (secondary N) is 3. The zero-order chi connectivity index (χ0) is 20.6. The van der Waals surface area contributed by atoms with Crippen LogP contribution in [0.15, 0.2) is 29.2 Å². The van der Waals surface area contributed by atoms with Gasteiger partial charge in [-0.2, -0.15) is 4.72 Å².